The zero-order valence-corrected chi connectivity index (χ0v) is 18.8. The fourth-order valence-corrected chi connectivity index (χ4v) is 3.67. The van der Waals surface area contributed by atoms with Crippen LogP contribution < -0.4 is 15.0 Å². The molecule has 0 aliphatic heterocycles. The van der Waals surface area contributed by atoms with Crippen LogP contribution in [-0.2, 0) is 6.54 Å². The number of benzene rings is 2. The van der Waals surface area contributed by atoms with E-state index in [0.717, 1.165) is 4.90 Å². The first-order chi connectivity index (χ1) is 16.6. The number of methoxy groups -OCH3 is 1. The minimum absolute atomic E-state index is 0.0386. The Morgan fingerprint density at radius 2 is 1.89 bits per heavy atom. The molecule has 7 nitrogen and oxygen atoms in total. The standard InChI is InChI=1S/C24H20F4N6O/c1-15-7-17(25)9-18(8-15)31-22-10-21(23-30-12-19(11-29)34(23)32-22)33(14-24(26,27)28)13-16-3-5-20(35-2)6-4-16/h3-10,12H,13-14H2,1-2H3,(H,31,32). The SMILES string of the molecule is COc1ccc(CN(CC(F)(F)F)c2cc(Nc3cc(C)cc(F)c3)nn3c(C#N)cnc23)cc1. The maximum atomic E-state index is 13.9. The number of nitriles is 1. The summed E-state index contributed by atoms with van der Waals surface area (Å²) in [6.07, 6.45) is -3.29. The maximum Gasteiger partial charge on any atom is 0.405 e. The van der Waals surface area contributed by atoms with Crippen LogP contribution in [0.15, 0.2) is 54.7 Å². The molecule has 0 spiro atoms. The fourth-order valence-electron chi connectivity index (χ4n) is 3.67. The minimum atomic E-state index is -4.52. The van der Waals surface area contributed by atoms with Gasteiger partial charge in [0.1, 0.15) is 24.2 Å². The summed E-state index contributed by atoms with van der Waals surface area (Å²) in [5.74, 6) is 0.215. The summed E-state index contributed by atoms with van der Waals surface area (Å²) in [6, 6.07) is 14.2. The van der Waals surface area contributed by atoms with E-state index >= 15 is 0 Å². The number of hydrogen-bond donors (Lipinski definition) is 1. The number of halogens is 4. The van der Waals surface area contributed by atoms with Gasteiger partial charge in [-0.25, -0.2) is 9.37 Å². The molecule has 0 aliphatic carbocycles. The Hall–Kier alpha value is -4.33. The number of anilines is 3. The smallest absolute Gasteiger partial charge is 0.405 e. The summed E-state index contributed by atoms with van der Waals surface area (Å²) in [5.41, 5.74) is 1.83. The van der Waals surface area contributed by atoms with Gasteiger partial charge in [0.2, 0.25) is 0 Å². The van der Waals surface area contributed by atoms with Gasteiger partial charge < -0.3 is 15.0 Å². The third kappa shape index (κ3) is 5.60. The van der Waals surface area contributed by atoms with Crippen LogP contribution in [0.2, 0.25) is 0 Å². The molecule has 11 heteroatoms. The molecule has 2 aromatic carbocycles. The Labute approximate surface area is 198 Å². The molecule has 4 rings (SSSR count). The van der Waals surface area contributed by atoms with Crippen LogP contribution >= 0.6 is 0 Å². The summed E-state index contributed by atoms with van der Waals surface area (Å²) in [6.45, 7) is 0.336. The van der Waals surface area contributed by atoms with Crippen molar-refractivity contribution in [2.45, 2.75) is 19.6 Å². The van der Waals surface area contributed by atoms with E-state index in [1.54, 1.807) is 37.3 Å². The van der Waals surface area contributed by atoms with E-state index in [-0.39, 0.29) is 29.4 Å². The van der Waals surface area contributed by atoms with Gasteiger partial charge in [-0.1, -0.05) is 12.1 Å². The van der Waals surface area contributed by atoms with E-state index in [1.807, 2.05) is 6.07 Å². The lowest BCUT2D eigenvalue weighted by molar-refractivity contribution is -0.119. The average Bonchev–Trinajstić information content (AvgIpc) is 3.20. The Balaban J connectivity index is 1.81. The van der Waals surface area contributed by atoms with Crippen LogP contribution in [-0.4, -0.2) is 34.4 Å². The van der Waals surface area contributed by atoms with Gasteiger partial charge in [-0.2, -0.15) is 22.9 Å². The molecule has 4 aromatic rings. The minimum Gasteiger partial charge on any atom is -0.497 e. The molecular formula is C24H20F4N6O. The van der Waals surface area contributed by atoms with Crippen molar-refractivity contribution < 1.29 is 22.3 Å². The number of hydrogen-bond acceptors (Lipinski definition) is 6. The van der Waals surface area contributed by atoms with Crippen LogP contribution in [0.25, 0.3) is 5.65 Å². The Morgan fingerprint density at radius 1 is 1.14 bits per heavy atom. The molecule has 0 atom stereocenters. The number of rotatable bonds is 7. The van der Waals surface area contributed by atoms with Crippen molar-refractivity contribution in [3.63, 3.8) is 0 Å². The molecule has 2 heterocycles. The molecule has 1 N–H and O–H groups in total. The summed E-state index contributed by atoms with van der Waals surface area (Å²) < 4.78 is 61.0. The molecule has 180 valence electrons. The van der Waals surface area contributed by atoms with Crippen molar-refractivity contribution >= 4 is 22.8 Å². The topological polar surface area (TPSA) is 78.5 Å². The molecule has 0 aliphatic rings. The van der Waals surface area contributed by atoms with E-state index in [2.05, 4.69) is 15.4 Å². The summed E-state index contributed by atoms with van der Waals surface area (Å²) in [7, 11) is 1.50. The summed E-state index contributed by atoms with van der Waals surface area (Å²) in [5, 5.41) is 16.7. The third-order valence-electron chi connectivity index (χ3n) is 5.12. The van der Waals surface area contributed by atoms with Crippen LogP contribution in [0.3, 0.4) is 0 Å². The zero-order valence-electron chi connectivity index (χ0n) is 18.8. The van der Waals surface area contributed by atoms with E-state index in [9.17, 15) is 22.8 Å². The van der Waals surface area contributed by atoms with Gasteiger partial charge in [-0.3, -0.25) is 0 Å². The molecule has 35 heavy (non-hydrogen) atoms. The number of ether oxygens (including phenoxy) is 1. The zero-order chi connectivity index (χ0) is 25.2. The second-order valence-electron chi connectivity index (χ2n) is 7.87. The highest BCUT2D eigenvalue weighted by Crippen LogP contribution is 2.31. The largest absolute Gasteiger partial charge is 0.497 e. The van der Waals surface area contributed by atoms with Crippen LogP contribution in [0, 0.1) is 24.1 Å². The molecule has 0 bridgehead atoms. The number of imidazole rings is 1. The Bertz CT molecular complexity index is 1370. The van der Waals surface area contributed by atoms with Crippen molar-refractivity contribution in [3.05, 3.63) is 77.4 Å². The van der Waals surface area contributed by atoms with E-state index in [1.165, 1.54) is 36.0 Å². The second-order valence-corrected chi connectivity index (χ2v) is 7.87. The van der Waals surface area contributed by atoms with E-state index in [0.29, 0.717) is 22.6 Å². The molecule has 2 aromatic heterocycles. The third-order valence-corrected chi connectivity index (χ3v) is 5.12. The van der Waals surface area contributed by atoms with Gasteiger partial charge in [-0.15, -0.1) is 5.10 Å². The number of fused-ring (bicyclic) bond motifs is 1. The van der Waals surface area contributed by atoms with E-state index in [4.69, 9.17) is 4.74 Å². The number of alkyl halides is 3. The highest BCUT2D eigenvalue weighted by molar-refractivity contribution is 5.74. The van der Waals surface area contributed by atoms with Crippen LogP contribution in [0.5, 0.6) is 5.75 Å². The number of aromatic nitrogens is 3. The van der Waals surface area contributed by atoms with Gasteiger partial charge >= 0.3 is 6.18 Å². The molecule has 0 amide bonds. The van der Waals surface area contributed by atoms with Gasteiger partial charge in [0.15, 0.2) is 17.2 Å². The molecule has 0 unspecified atom stereocenters. The lowest BCUT2D eigenvalue weighted by Crippen LogP contribution is -2.34. The molecule has 0 saturated carbocycles. The Morgan fingerprint density at radius 3 is 2.51 bits per heavy atom. The predicted molar refractivity (Wildman–Crippen MR) is 122 cm³/mol. The van der Waals surface area contributed by atoms with Gasteiger partial charge in [-0.05, 0) is 48.4 Å². The lowest BCUT2D eigenvalue weighted by Gasteiger charge is -2.27. The molecule has 0 fully saturated rings. The first-order valence-corrected chi connectivity index (χ1v) is 10.4. The van der Waals surface area contributed by atoms with E-state index < -0.39 is 18.5 Å². The van der Waals surface area contributed by atoms with Crippen LogP contribution in [0.4, 0.5) is 34.8 Å². The Kier molecular flexibility index (Phi) is 6.46. The predicted octanol–water partition coefficient (Wildman–Crippen LogP) is 5.37. The molecular weight excluding hydrogens is 464 g/mol. The summed E-state index contributed by atoms with van der Waals surface area (Å²) in [4.78, 5) is 5.25. The number of nitrogens with one attached hydrogen (secondary N) is 1. The second kappa shape index (κ2) is 9.50. The first kappa shape index (κ1) is 23.8. The van der Waals surface area contributed by atoms with Crippen molar-refractivity contribution in [2.24, 2.45) is 0 Å². The van der Waals surface area contributed by atoms with Gasteiger partial charge in [0.05, 0.1) is 19.0 Å². The highest BCUT2D eigenvalue weighted by atomic mass is 19.4. The van der Waals surface area contributed by atoms with Gasteiger partial charge in [0, 0.05) is 18.3 Å². The van der Waals surface area contributed by atoms with Crippen molar-refractivity contribution in [1.82, 2.24) is 14.6 Å². The highest BCUT2D eigenvalue weighted by Gasteiger charge is 2.32. The fraction of sp³-hybridized carbons (Fsp3) is 0.208. The average molecular weight is 484 g/mol. The number of nitrogens with zero attached hydrogens (tertiary/aromatic N) is 5. The van der Waals surface area contributed by atoms with Crippen molar-refractivity contribution in [2.75, 3.05) is 23.9 Å². The first-order valence-electron chi connectivity index (χ1n) is 10.4. The van der Waals surface area contributed by atoms with Crippen molar-refractivity contribution in [1.29, 1.82) is 5.26 Å². The number of aryl methyl sites for hydroxylation is 1. The molecule has 0 radical (unpaired) electrons. The normalized spacial score (nSPS) is 11.3. The summed E-state index contributed by atoms with van der Waals surface area (Å²) >= 11 is 0. The van der Waals surface area contributed by atoms with Crippen molar-refractivity contribution in [3.8, 4) is 11.8 Å². The van der Waals surface area contributed by atoms with Crippen LogP contribution in [0.1, 0.15) is 16.8 Å². The molecule has 0 saturated heterocycles. The monoisotopic (exact) mass is 484 g/mol. The maximum absolute atomic E-state index is 13.9. The quantitative estimate of drug-likeness (QED) is 0.356. The lowest BCUT2D eigenvalue weighted by atomic mass is 10.2. The van der Waals surface area contributed by atoms with Gasteiger partial charge in [0.25, 0.3) is 0 Å².